The molecule has 0 amide bonds. The minimum atomic E-state index is -1.13. The van der Waals surface area contributed by atoms with Crippen molar-refractivity contribution < 1.29 is 19.0 Å². The van der Waals surface area contributed by atoms with E-state index in [0.29, 0.717) is 23.3 Å². The minimum Gasteiger partial charge on any atom is -0.468 e. The molecule has 0 bridgehead atoms. The summed E-state index contributed by atoms with van der Waals surface area (Å²) in [5.74, 6) is -0.406. The maximum Gasteiger partial charge on any atom is 0.321 e. The number of methoxy groups -OCH3 is 1. The smallest absolute Gasteiger partial charge is 0.321 e. The summed E-state index contributed by atoms with van der Waals surface area (Å²) < 4.78 is 16.7. The van der Waals surface area contributed by atoms with Crippen LogP contribution in [0.25, 0.3) is 0 Å². The molecule has 0 aromatic heterocycles. The molecule has 146 valence electrons. The third-order valence-electron chi connectivity index (χ3n) is 4.39. The Balaban J connectivity index is 2.66. The van der Waals surface area contributed by atoms with Crippen molar-refractivity contribution in [2.45, 2.75) is 32.0 Å². The Kier molecular flexibility index (Phi) is 8.11. The maximum atomic E-state index is 13.1. The first kappa shape index (κ1) is 21.7. The van der Waals surface area contributed by atoms with Crippen LogP contribution in [0.1, 0.15) is 31.4 Å². The summed E-state index contributed by atoms with van der Waals surface area (Å²) in [4.78, 5) is 13.1. The highest BCUT2D eigenvalue weighted by molar-refractivity contribution is 6.30. The second-order valence-electron chi connectivity index (χ2n) is 5.96. The first-order valence-corrected chi connectivity index (χ1v) is 9.57. The van der Waals surface area contributed by atoms with Crippen molar-refractivity contribution >= 4 is 29.2 Å². The van der Waals surface area contributed by atoms with E-state index < -0.39 is 17.7 Å². The molecule has 0 unspecified atom stereocenters. The normalized spacial score (nSPS) is 11.6. The van der Waals surface area contributed by atoms with Crippen LogP contribution in [0.15, 0.2) is 48.5 Å². The van der Waals surface area contributed by atoms with Gasteiger partial charge < -0.3 is 14.2 Å². The zero-order valence-corrected chi connectivity index (χ0v) is 17.2. The van der Waals surface area contributed by atoms with Gasteiger partial charge in [-0.3, -0.25) is 4.79 Å². The zero-order valence-electron chi connectivity index (χ0n) is 15.7. The molecule has 27 heavy (non-hydrogen) atoms. The van der Waals surface area contributed by atoms with Gasteiger partial charge in [0, 0.05) is 29.7 Å². The number of ether oxygens (including phenoxy) is 3. The first-order valence-electron chi connectivity index (χ1n) is 8.81. The highest BCUT2D eigenvalue weighted by Gasteiger charge is 2.45. The summed E-state index contributed by atoms with van der Waals surface area (Å²) in [5.41, 5.74) is 0.356. The topological polar surface area (TPSA) is 44.8 Å². The van der Waals surface area contributed by atoms with E-state index in [1.54, 1.807) is 24.3 Å². The van der Waals surface area contributed by atoms with Crippen LogP contribution in [-0.4, -0.2) is 32.6 Å². The van der Waals surface area contributed by atoms with E-state index in [1.165, 1.54) is 7.11 Å². The van der Waals surface area contributed by atoms with Crippen LogP contribution in [0.2, 0.25) is 10.0 Å². The Hall–Kier alpha value is -1.59. The predicted molar refractivity (Wildman–Crippen MR) is 107 cm³/mol. The third-order valence-corrected chi connectivity index (χ3v) is 4.89. The van der Waals surface area contributed by atoms with Crippen LogP contribution in [0.4, 0.5) is 0 Å². The molecule has 0 spiro atoms. The highest BCUT2D eigenvalue weighted by Crippen LogP contribution is 2.40. The predicted octanol–water partition coefficient (Wildman–Crippen LogP) is 5.24. The molecule has 0 heterocycles. The van der Waals surface area contributed by atoms with Gasteiger partial charge in [-0.2, -0.15) is 0 Å². The molecule has 0 aliphatic heterocycles. The summed E-state index contributed by atoms with van der Waals surface area (Å²) >= 11 is 12.1. The molecule has 0 aliphatic rings. The van der Waals surface area contributed by atoms with Gasteiger partial charge in [-0.15, -0.1) is 0 Å². The molecule has 0 N–H and O–H groups in total. The Morgan fingerprint density at radius 3 is 1.63 bits per heavy atom. The molecule has 0 aliphatic carbocycles. The molecule has 0 radical (unpaired) electrons. The van der Waals surface area contributed by atoms with Crippen molar-refractivity contribution in [2.75, 3.05) is 20.3 Å². The van der Waals surface area contributed by atoms with Gasteiger partial charge in [-0.1, -0.05) is 47.5 Å². The number of carbonyl (C=O) groups excluding carboxylic acids is 1. The van der Waals surface area contributed by atoms with Gasteiger partial charge in [0.2, 0.25) is 0 Å². The average molecular weight is 411 g/mol. The fourth-order valence-corrected chi connectivity index (χ4v) is 3.40. The highest BCUT2D eigenvalue weighted by atomic mass is 35.5. The second-order valence-corrected chi connectivity index (χ2v) is 6.83. The molecule has 0 saturated carbocycles. The quantitative estimate of drug-likeness (QED) is 0.418. The van der Waals surface area contributed by atoms with E-state index in [0.717, 1.165) is 11.1 Å². The number of halogens is 2. The summed E-state index contributed by atoms with van der Waals surface area (Å²) in [5, 5.41) is 1.17. The Bertz CT molecular complexity index is 677. The van der Waals surface area contributed by atoms with Gasteiger partial charge in [-0.25, -0.2) is 0 Å². The SMILES string of the molecule is CCOC(CC(C(=O)OC)(c1ccc(Cl)cc1)c1ccc(Cl)cc1)OCC. The zero-order chi connectivity index (χ0) is 19.9. The number of esters is 1. The molecule has 4 nitrogen and oxygen atoms in total. The lowest BCUT2D eigenvalue weighted by Gasteiger charge is -2.35. The average Bonchev–Trinajstić information content (AvgIpc) is 2.67. The van der Waals surface area contributed by atoms with Crippen molar-refractivity contribution in [1.29, 1.82) is 0 Å². The fraction of sp³-hybridized carbons (Fsp3) is 0.381. The number of hydrogen-bond donors (Lipinski definition) is 0. The molecule has 2 aromatic carbocycles. The van der Waals surface area contributed by atoms with E-state index in [1.807, 2.05) is 38.1 Å². The lowest BCUT2D eigenvalue weighted by atomic mass is 9.71. The molecular formula is C21H24Cl2O4. The van der Waals surface area contributed by atoms with Crippen LogP contribution >= 0.6 is 23.2 Å². The van der Waals surface area contributed by atoms with Crippen molar-refractivity contribution in [3.05, 3.63) is 69.7 Å². The number of carbonyl (C=O) groups is 1. The van der Waals surface area contributed by atoms with Gasteiger partial charge in [-0.05, 0) is 49.2 Å². The summed E-state index contributed by atoms with van der Waals surface area (Å²) in [6, 6.07) is 14.3. The van der Waals surface area contributed by atoms with Gasteiger partial charge in [0.05, 0.1) is 7.11 Å². The molecule has 0 saturated heterocycles. The van der Waals surface area contributed by atoms with E-state index in [-0.39, 0.29) is 6.42 Å². The molecule has 0 atom stereocenters. The third kappa shape index (κ3) is 5.02. The monoisotopic (exact) mass is 410 g/mol. The second kappa shape index (κ2) is 10.1. The van der Waals surface area contributed by atoms with Crippen molar-refractivity contribution in [3.63, 3.8) is 0 Å². The summed E-state index contributed by atoms with van der Waals surface area (Å²) in [6.07, 6.45) is -0.324. The Labute approximate surface area is 170 Å². The Morgan fingerprint density at radius 1 is 0.889 bits per heavy atom. The molecule has 0 fully saturated rings. The minimum absolute atomic E-state index is 0.255. The number of rotatable bonds is 9. The summed E-state index contributed by atoms with van der Waals surface area (Å²) in [7, 11) is 1.37. The fourth-order valence-electron chi connectivity index (χ4n) is 3.15. The summed E-state index contributed by atoms with van der Waals surface area (Å²) in [6.45, 7) is 4.69. The van der Waals surface area contributed by atoms with Crippen LogP contribution in [0.5, 0.6) is 0 Å². The molecular weight excluding hydrogens is 387 g/mol. The standard InChI is InChI=1S/C21H24Cl2O4/c1-4-26-19(27-5-2)14-21(20(24)25-3,15-6-10-17(22)11-7-15)16-8-12-18(23)13-9-16/h6-13,19H,4-5,14H2,1-3H3. The largest absolute Gasteiger partial charge is 0.468 e. The lowest BCUT2D eigenvalue weighted by molar-refractivity contribution is -0.164. The van der Waals surface area contributed by atoms with E-state index >= 15 is 0 Å². The number of hydrogen-bond acceptors (Lipinski definition) is 4. The van der Waals surface area contributed by atoms with Gasteiger partial charge in [0.25, 0.3) is 0 Å². The van der Waals surface area contributed by atoms with E-state index in [4.69, 9.17) is 37.4 Å². The van der Waals surface area contributed by atoms with E-state index in [9.17, 15) is 4.79 Å². The molecule has 2 rings (SSSR count). The van der Waals surface area contributed by atoms with Crippen LogP contribution < -0.4 is 0 Å². The lowest BCUT2D eigenvalue weighted by Crippen LogP contribution is -2.42. The van der Waals surface area contributed by atoms with Crippen LogP contribution in [-0.2, 0) is 24.4 Å². The molecule has 2 aromatic rings. The molecule has 6 heteroatoms. The van der Waals surface area contributed by atoms with Crippen molar-refractivity contribution in [2.24, 2.45) is 0 Å². The van der Waals surface area contributed by atoms with Gasteiger partial charge >= 0.3 is 5.97 Å². The van der Waals surface area contributed by atoms with Crippen LogP contribution in [0.3, 0.4) is 0 Å². The van der Waals surface area contributed by atoms with Gasteiger partial charge in [0.15, 0.2) is 6.29 Å². The maximum absolute atomic E-state index is 13.1. The van der Waals surface area contributed by atoms with Crippen LogP contribution in [0, 0.1) is 0 Å². The van der Waals surface area contributed by atoms with E-state index in [2.05, 4.69) is 0 Å². The van der Waals surface area contributed by atoms with Crippen molar-refractivity contribution in [3.8, 4) is 0 Å². The Morgan fingerprint density at radius 2 is 1.30 bits per heavy atom. The first-order chi connectivity index (χ1) is 13.0. The number of benzene rings is 2. The van der Waals surface area contributed by atoms with Crippen molar-refractivity contribution in [1.82, 2.24) is 0 Å². The van der Waals surface area contributed by atoms with Gasteiger partial charge in [0.1, 0.15) is 5.41 Å².